The van der Waals surface area contributed by atoms with Gasteiger partial charge in [0.15, 0.2) is 5.78 Å². The summed E-state index contributed by atoms with van der Waals surface area (Å²) in [6.07, 6.45) is -0.660. The lowest BCUT2D eigenvalue weighted by Gasteiger charge is -2.19. The van der Waals surface area contributed by atoms with Gasteiger partial charge in [-0.05, 0) is 38.3 Å². The Hall–Kier alpha value is -2.43. The minimum atomic E-state index is -0.660. The van der Waals surface area contributed by atoms with E-state index in [1.807, 2.05) is 0 Å². The lowest BCUT2D eigenvalue weighted by molar-refractivity contribution is 0.0520. The summed E-state index contributed by atoms with van der Waals surface area (Å²) in [6, 6.07) is 9.42. The number of nitrogens with one attached hydrogen (secondary N) is 1. The Morgan fingerprint density at radius 2 is 1.73 bits per heavy atom. The van der Waals surface area contributed by atoms with Crippen molar-refractivity contribution in [2.75, 3.05) is 6.54 Å². The molecule has 0 atom stereocenters. The molecule has 0 heterocycles. The lowest BCUT2D eigenvalue weighted by Crippen LogP contribution is -2.35. The van der Waals surface area contributed by atoms with Crippen LogP contribution in [-0.4, -0.2) is 24.0 Å². The molecule has 0 aliphatic carbocycles. The zero-order chi connectivity index (χ0) is 16.3. The minimum absolute atomic E-state index is 0.204. The summed E-state index contributed by atoms with van der Waals surface area (Å²) >= 11 is 0. The number of alkyl carbamates (subject to hydrolysis) is 1. The van der Waals surface area contributed by atoms with Crippen LogP contribution in [0.15, 0.2) is 36.4 Å². The quantitative estimate of drug-likeness (QED) is 0.880. The van der Waals surface area contributed by atoms with Crippen LogP contribution in [0.5, 0.6) is 0 Å². The van der Waals surface area contributed by atoms with Gasteiger partial charge in [-0.2, -0.15) is 0 Å². The molecule has 4 nitrogen and oxygen atoms in total. The fourth-order valence-electron chi connectivity index (χ4n) is 2.07. The Labute approximate surface area is 128 Å². The van der Waals surface area contributed by atoms with Gasteiger partial charge in [-0.3, -0.25) is 4.79 Å². The highest BCUT2D eigenvalue weighted by Gasteiger charge is 2.18. The number of carbonyl (C=O) groups excluding carboxylic acids is 2. The predicted octanol–water partition coefficient (Wildman–Crippen LogP) is 3.69. The Morgan fingerprint density at radius 1 is 1.09 bits per heavy atom. The van der Waals surface area contributed by atoms with Crippen LogP contribution in [0.4, 0.5) is 9.18 Å². The predicted molar refractivity (Wildman–Crippen MR) is 82.5 cm³/mol. The summed E-state index contributed by atoms with van der Waals surface area (Å²) in [5.74, 6) is -0.686. The summed E-state index contributed by atoms with van der Waals surface area (Å²) in [6.45, 7) is 5.01. The van der Waals surface area contributed by atoms with E-state index in [2.05, 4.69) is 5.32 Å². The Bertz CT molecular complexity index is 719. The summed E-state index contributed by atoms with van der Waals surface area (Å²) in [4.78, 5) is 23.8. The van der Waals surface area contributed by atoms with Gasteiger partial charge in [0.05, 0.1) is 6.54 Å². The molecular formula is C17H18FNO3. The topological polar surface area (TPSA) is 55.4 Å². The average Bonchev–Trinajstić information content (AvgIpc) is 2.44. The van der Waals surface area contributed by atoms with Gasteiger partial charge >= 0.3 is 6.09 Å². The van der Waals surface area contributed by atoms with E-state index < -0.39 is 11.7 Å². The van der Waals surface area contributed by atoms with Gasteiger partial charge in [-0.1, -0.05) is 24.3 Å². The van der Waals surface area contributed by atoms with E-state index in [4.69, 9.17) is 4.74 Å². The highest BCUT2D eigenvalue weighted by molar-refractivity contribution is 6.09. The maximum Gasteiger partial charge on any atom is 0.408 e. The SMILES string of the molecule is CC(C)(C)OC(=O)NCC(=O)c1ccc(F)c2ccccc12. The van der Waals surface area contributed by atoms with Crippen LogP contribution in [0.1, 0.15) is 31.1 Å². The first kappa shape index (κ1) is 15.9. The maximum absolute atomic E-state index is 13.7. The van der Waals surface area contributed by atoms with Crippen molar-refractivity contribution >= 4 is 22.6 Å². The molecule has 0 radical (unpaired) electrons. The third kappa shape index (κ3) is 3.81. The van der Waals surface area contributed by atoms with Gasteiger partial charge in [0, 0.05) is 10.9 Å². The Balaban J connectivity index is 2.14. The zero-order valence-electron chi connectivity index (χ0n) is 12.8. The number of Topliss-reactive ketones (excluding diaryl/α,β-unsaturated/α-hetero) is 1. The molecule has 116 valence electrons. The molecule has 2 aromatic carbocycles. The zero-order valence-corrected chi connectivity index (χ0v) is 12.8. The van der Waals surface area contributed by atoms with Crippen molar-refractivity contribution in [3.8, 4) is 0 Å². The fourth-order valence-corrected chi connectivity index (χ4v) is 2.07. The number of rotatable bonds is 3. The number of hydrogen-bond donors (Lipinski definition) is 1. The molecule has 2 rings (SSSR count). The molecule has 1 N–H and O–H groups in total. The van der Waals surface area contributed by atoms with Crippen LogP contribution in [0, 0.1) is 5.82 Å². The van der Waals surface area contributed by atoms with E-state index >= 15 is 0 Å². The molecule has 5 heteroatoms. The number of carbonyl (C=O) groups is 2. The van der Waals surface area contributed by atoms with Gasteiger partial charge in [0.2, 0.25) is 0 Å². The second-order valence-electron chi connectivity index (χ2n) is 5.92. The maximum atomic E-state index is 13.7. The van der Waals surface area contributed by atoms with Crippen molar-refractivity contribution in [3.05, 3.63) is 47.8 Å². The van der Waals surface area contributed by atoms with E-state index in [9.17, 15) is 14.0 Å². The molecular weight excluding hydrogens is 285 g/mol. The number of amides is 1. The van der Waals surface area contributed by atoms with E-state index in [1.165, 1.54) is 12.1 Å². The third-order valence-corrected chi connectivity index (χ3v) is 2.96. The second-order valence-corrected chi connectivity index (χ2v) is 5.92. The van der Waals surface area contributed by atoms with Crippen LogP contribution in [0.25, 0.3) is 10.8 Å². The van der Waals surface area contributed by atoms with Crippen molar-refractivity contribution in [2.24, 2.45) is 0 Å². The molecule has 0 fully saturated rings. The van der Waals surface area contributed by atoms with Crippen LogP contribution in [0.2, 0.25) is 0 Å². The largest absolute Gasteiger partial charge is 0.444 e. The highest BCUT2D eigenvalue weighted by atomic mass is 19.1. The highest BCUT2D eigenvalue weighted by Crippen LogP contribution is 2.22. The monoisotopic (exact) mass is 303 g/mol. The molecule has 0 saturated carbocycles. The van der Waals surface area contributed by atoms with Crippen molar-refractivity contribution in [1.82, 2.24) is 5.32 Å². The minimum Gasteiger partial charge on any atom is -0.444 e. The Kier molecular flexibility index (Phi) is 4.45. The molecule has 0 spiro atoms. The molecule has 0 saturated heterocycles. The van der Waals surface area contributed by atoms with Crippen LogP contribution in [-0.2, 0) is 4.74 Å². The normalized spacial score (nSPS) is 11.3. The van der Waals surface area contributed by atoms with Crippen molar-refractivity contribution < 1.29 is 18.7 Å². The van der Waals surface area contributed by atoms with Crippen LogP contribution in [0.3, 0.4) is 0 Å². The van der Waals surface area contributed by atoms with Crippen molar-refractivity contribution in [2.45, 2.75) is 26.4 Å². The molecule has 22 heavy (non-hydrogen) atoms. The summed E-state index contributed by atoms with van der Waals surface area (Å²) < 4.78 is 18.8. The van der Waals surface area contributed by atoms with Gasteiger partial charge in [0.1, 0.15) is 11.4 Å². The first-order valence-electron chi connectivity index (χ1n) is 6.95. The standard InChI is InChI=1S/C17H18FNO3/c1-17(2,3)22-16(21)19-10-15(20)13-8-9-14(18)12-7-5-4-6-11(12)13/h4-9H,10H2,1-3H3,(H,19,21). The first-order chi connectivity index (χ1) is 10.3. The van der Waals surface area contributed by atoms with E-state index in [0.717, 1.165) is 0 Å². The molecule has 0 aromatic heterocycles. The molecule has 0 aliphatic heterocycles. The van der Waals surface area contributed by atoms with Gasteiger partial charge in [-0.15, -0.1) is 0 Å². The first-order valence-corrected chi connectivity index (χ1v) is 6.95. The number of benzene rings is 2. The number of halogens is 1. The van der Waals surface area contributed by atoms with Crippen LogP contribution < -0.4 is 5.32 Å². The fraction of sp³-hybridized carbons (Fsp3) is 0.294. The molecule has 0 unspecified atom stereocenters. The molecule has 0 aliphatic rings. The number of ketones is 1. The van der Waals surface area contributed by atoms with Crippen LogP contribution >= 0.6 is 0 Å². The van der Waals surface area contributed by atoms with E-state index in [0.29, 0.717) is 16.3 Å². The summed E-state index contributed by atoms with van der Waals surface area (Å²) in [5, 5.41) is 3.32. The van der Waals surface area contributed by atoms with Gasteiger partial charge in [-0.25, -0.2) is 9.18 Å². The van der Waals surface area contributed by atoms with E-state index in [1.54, 1.807) is 45.0 Å². The molecule has 1 amide bonds. The second kappa shape index (κ2) is 6.13. The summed E-state index contributed by atoms with van der Waals surface area (Å²) in [7, 11) is 0. The van der Waals surface area contributed by atoms with Crippen molar-refractivity contribution in [1.29, 1.82) is 0 Å². The Morgan fingerprint density at radius 3 is 2.36 bits per heavy atom. The molecule has 2 aromatic rings. The summed E-state index contributed by atoms with van der Waals surface area (Å²) in [5.41, 5.74) is -0.261. The van der Waals surface area contributed by atoms with E-state index in [-0.39, 0.29) is 18.1 Å². The molecule has 0 bridgehead atoms. The lowest BCUT2D eigenvalue weighted by atomic mass is 10.0. The number of ether oxygens (including phenoxy) is 1. The van der Waals surface area contributed by atoms with Gasteiger partial charge in [0.25, 0.3) is 0 Å². The smallest absolute Gasteiger partial charge is 0.408 e. The van der Waals surface area contributed by atoms with Crippen molar-refractivity contribution in [3.63, 3.8) is 0 Å². The number of fused-ring (bicyclic) bond motifs is 1. The number of hydrogen-bond acceptors (Lipinski definition) is 3. The average molecular weight is 303 g/mol. The van der Waals surface area contributed by atoms with Gasteiger partial charge < -0.3 is 10.1 Å². The third-order valence-electron chi connectivity index (χ3n) is 2.96.